The maximum absolute atomic E-state index is 14.3. The van der Waals surface area contributed by atoms with Crippen molar-refractivity contribution < 1.29 is 18.6 Å². The predicted molar refractivity (Wildman–Crippen MR) is 106 cm³/mol. The van der Waals surface area contributed by atoms with Gasteiger partial charge in [-0.15, -0.1) is 0 Å². The molecule has 1 saturated heterocycles. The molecule has 29 heavy (non-hydrogen) atoms. The van der Waals surface area contributed by atoms with Gasteiger partial charge in [-0.25, -0.2) is 9.37 Å². The molecular weight excluding hydrogens is 375 g/mol. The lowest BCUT2D eigenvalue weighted by Crippen LogP contribution is -2.35. The standard InChI is InChI=1S/C22H23FN2O4/c1-25-20-4-3-15(9-19(20)24-13-21(25)26)14-29-18-11-16(10-17(23)12-18)22(27-2)5-7-28-8-6-22/h3-4,9-13H,5-8,14H2,1-2H3. The van der Waals surface area contributed by atoms with E-state index in [1.165, 1.54) is 18.3 Å². The largest absolute Gasteiger partial charge is 0.489 e. The summed E-state index contributed by atoms with van der Waals surface area (Å²) in [5, 5.41) is 0. The average molecular weight is 398 g/mol. The van der Waals surface area contributed by atoms with E-state index in [0.29, 0.717) is 37.3 Å². The maximum atomic E-state index is 14.3. The van der Waals surface area contributed by atoms with Gasteiger partial charge in [-0.3, -0.25) is 4.79 Å². The Morgan fingerprint density at radius 1 is 1.21 bits per heavy atom. The highest BCUT2D eigenvalue weighted by Crippen LogP contribution is 2.37. The third-order valence-electron chi connectivity index (χ3n) is 5.54. The lowest BCUT2D eigenvalue weighted by Gasteiger charge is -2.36. The van der Waals surface area contributed by atoms with Crippen LogP contribution in [0.1, 0.15) is 24.0 Å². The van der Waals surface area contributed by atoms with Gasteiger partial charge in [-0.05, 0) is 35.4 Å². The van der Waals surface area contributed by atoms with Crippen LogP contribution < -0.4 is 10.3 Å². The molecule has 3 aromatic rings. The van der Waals surface area contributed by atoms with Crippen LogP contribution >= 0.6 is 0 Å². The van der Waals surface area contributed by atoms with Crippen molar-refractivity contribution in [3.05, 3.63) is 69.9 Å². The number of nitrogens with zero attached hydrogens (tertiary/aromatic N) is 2. The number of benzene rings is 2. The third kappa shape index (κ3) is 3.88. The monoisotopic (exact) mass is 398 g/mol. The van der Waals surface area contributed by atoms with E-state index < -0.39 is 5.60 Å². The van der Waals surface area contributed by atoms with Crippen LogP contribution in [0.5, 0.6) is 5.75 Å². The number of rotatable bonds is 5. The Kier molecular flexibility index (Phi) is 5.34. The Hall–Kier alpha value is -2.77. The Balaban J connectivity index is 1.57. The van der Waals surface area contributed by atoms with Crippen molar-refractivity contribution in [2.24, 2.45) is 7.05 Å². The molecule has 1 aliphatic heterocycles. The lowest BCUT2D eigenvalue weighted by atomic mass is 9.86. The molecule has 2 aromatic carbocycles. The summed E-state index contributed by atoms with van der Waals surface area (Å²) >= 11 is 0. The molecular formula is C22H23FN2O4. The zero-order valence-corrected chi connectivity index (χ0v) is 16.5. The zero-order valence-electron chi connectivity index (χ0n) is 16.5. The summed E-state index contributed by atoms with van der Waals surface area (Å²) in [6.45, 7) is 1.41. The van der Waals surface area contributed by atoms with Gasteiger partial charge in [-0.2, -0.15) is 0 Å². The van der Waals surface area contributed by atoms with Crippen LogP contribution in [0.4, 0.5) is 4.39 Å². The Labute approximate surface area is 167 Å². The van der Waals surface area contributed by atoms with Gasteiger partial charge in [0.2, 0.25) is 0 Å². The van der Waals surface area contributed by atoms with Crippen molar-refractivity contribution in [1.82, 2.24) is 9.55 Å². The fourth-order valence-electron chi connectivity index (χ4n) is 3.76. The molecule has 0 aliphatic carbocycles. The predicted octanol–water partition coefficient (Wildman–Crippen LogP) is 3.30. The average Bonchev–Trinajstić information content (AvgIpc) is 2.75. The highest BCUT2D eigenvalue weighted by Gasteiger charge is 2.35. The highest BCUT2D eigenvalue weighted by atomic mass is 19.1. The Morgan fingerprint density at radius 3 is 2.76 bits per heavy atom. The summed E-state index contributed by atoms with van der Waals surface area (Å²) in [5.41, 5.74) is 2.37. The van der Waals surface area contributed by atoms with Crippen molar-refractivity contribution in [3.8, 4) is 5.75 Å². The van der Waals surface area contributed by atoms with Gasteiger partial charge in [-0.1, -0.05) is 6.07 Å². The van der Waals surface area contributed by atoms with Gasteiger partial charge in [0, 0.05) is 46.3 Å². The molecule has 1 aliphatic rings. The zero-order chi connectivity index (χ0) is 20.4. The summed E-state index contributed by atoms with van der Waals surface area (Å²) in [7, 11) is 3.35. The van der Waals surface area contributed by atoms with Gasteiger partial charge < -0.3 is 18.8 Å². The number of ether oxygens (including phenoxy) is 3. The van der Waals surface area contributed by atoms with E-state index in [1.807, 2.05) is 24.3 Å². The summed E-state index contributed by atoms with van der Waals surface area (Å²) in [4.78, 5) is 15.9. The van der Waals surface area contributed by atoms with E-state index in [9.17, 15) is 9.18 Å². The van der Waals surface area contributed by atoms with Crippen LogP contribution in [0.2, 0.25) is 0 Å². The van der Waals surface area contributed by atoms with Gasteiger partial charge in [0.15, 0.2) is 0 Å². The number of methoxy groups -OCH3 is 1. The number of hydrogen-bond acceptors (Lipinski definition) is 5. The molecule has 0 amide bonds. The number of halogens is 1. The first-order valence-corrected chi connectivity index (χ1v) is 9.52. The number of aryl methyl sites for hydroxylation is 1. The van der Waals surface area contributed by atoms with Crippen LogP contribution in [0.3, 0.4) is 0 Å². The molecule has 1 fully saturated rings. The summed E-state index contributed by atoms with van der Waals surface area (Å²) in [6.07, 6.45) is 2.63. The first kappa shape index (κ1) is 19.5. The Bertz CT molecular complexity index is 1090. The molecule has 0 bridgehead atoms. The summed E-state index contributed by atoms with van der Waals surface area (Å²) < 4.78 is 32.9. The minimum absolute atomic E-state index is 0.158. The topological polar surface area (TPSA) is 62.6 Å². The molecule has 1 aromatic heterocycles. The van der Waals surface area contributed by atoms with Crippen LogP contribution in [0.15, 0.2) is 47.4 Å². The molecule has 0 unspecified atom stereocenters. The molecule has 152 valence electrons. The van der Waals surface area contributed by atoms with E-state index in [0.717, 1.165) is 16.6 Å². The molecule has 0 N–H and O–H groups in total. The molecule has 6 nitrogen and oxygen atoms in total. The second-order valence-corrected chi connectivity index (χ2v) is 7.25. The number of fused-ring (bicyclic) bond motifs is 1. The number of hydrogen-bond donors (Lipinski definition) is 0. The molecule has 7 heteroatoms. The highest BCUT2D eigenvalue weighted by molar-refractivity contribution is 5.75. The molecule has 4 rings (SSSR count). The van der Waals surface area contributed by atoms with Gasteiger partial charge in [0.1, 0.15) is 18.2 Å². The lowest BCUT2D eigenvalue weighted by molar-refractivity contribution is -0.0950. The molecule has 2 heterocycles. The quantitative estimate of drug-likeness (QED) is 0.660. The van der Waals surface area contributed by atoms with E-state index in [1.54, 1.807) is 18.7 Å². The minimum Gasteiger partial charge on any atom is -0.489 e. The van der Waals surface area contributed by atoms with Gasteiger partial charge in [0.05, 0.1) is 22.8 Å². The fraction of sp³-hybridized carbons (Fsp3) is 0.364. The van der Waals surface area contributed by atoms with Crippen molar-refractivity contribution >= 4 is 11.0 Å². The van der Waals surface area contributed by atoms with Crippen LogP contribution in [-0.4, -0.2) is 29.9 Å². The molecule has 0 atom stereocenters. The van der Waals surface area contributed by atoms with Gasteiger partial charge in [0.25, 0.3) is 5.56 Å². The van der Waals surface area contributed by atoms with E-state index in [4.69, 9.17) is 14.2 Å². The minimum atomic E-state index is -0.559. The fourth-order valence-corrected chi connectivity index (χ4v) is 3.76. The third-order valence-corrected chi connectivity index (χ3v) is 5.54. The van der Waals surface area contributed by atoms with E-state index in [2.05, 4.69) is 4.98 Å². The van der Waals surface area contributed by atoms with Crippen molar-refractivity contribution in [1.29, 1.82) is 0 Å². The first-order valence-electron chi connectivity index (χ1n) is 9.52. The Morgan fingerprint density at radius 2 is 2.00 bits per heavy atom. The smallest absolute Gasteiger partial charge is 0.269 e. The molecule has 0 radical (unpaired) electrons. The second kappa shape index (κ2) is 7.93. The van der Waals surface area contributed by atoms with Crippen LogP contribution in [0, 0.1) is 5.82 Å². The van der Waals surface area contributed by atoms with Crippen molar-refractivity contribution in [2.45, 2.75) is 25.0 Å². The van der Waals surface area contributed by atoms with Crippen molar-refractivity contribution in [3.63, 3.8) is 0 Å². The van der Waals surface area contributed by atoms with Crippen LogP contribution in [0.25, 0.3) is 11.0 Å². The van der Waals surface area contributed by atoms with Gasteiger partial charge >= 0.3 is 0 Å². The normalized spacial score (nSPS) is 16.1. The first-order chi connectivity index (χ1) is 14.0. The SMILES string of the molecule is COC1(c2cc(F)cc(OCc3ccc4c(c3)ncc(=O)n4C)c2)CCOCC1. The number of aromatic nitrogens is 2. The second-order valence-electron chi connectivity index (χ2n) is 7.25. The summed E-state index contributed by atoms with van der Waals surface area (Å²) in [5.74, 6) is 0.0760. The van der Waals surface area contributed by atoms with E-state index in [-0.39, 0.29) is 18.0 Å². The molecule has 0 saturated carbocycles. The maximum Gasteiger partial charge on any atom is 0.269 e. The van der Waals surface area contributed by atoms with Crippen LogP contribution in [-0.2, 0) is 28.7 Å². The molecule has 0 spiro atoms. The summed E-state index contributed by atoms with van der Waals surface area (Å²) in [6, 6.07) is 10.3. The van der Waals surface area contributed by atoms with E-state index >= 15 is 0 Å². The van der Waals surface area contributed by atoms with Crippen molar-refractivity contribution in [2.75, 3.05) is 20.3 Å².